The monoisotopic (exact) mass is 235 g/mol. The lowest BCUT2D eigenvalue weighted by molar-refractivity contribution is 0.0612. The summed E-state index contributed by atoms with van der Waals surface area (Å²) in [6.45, 7) is 5.73. The van der Waals surface area contributed by atoms with E-state index in [-0.39, 0.29) is 18.5 Å². The number of hydrogen-bond acceptors (Lipinski definition) is 4. The Hall–Kier alpha value is -0.520. The van der Waals surface area contributed by atoms with Crippen LogP contribution in [-0.4, -0.2) is 68.3 Å². The normalized spacial score (nSPS) is 22.9. The van der Waals surface area contributed by atoms with Crippen LogP contribution >= 0.6 is 12.4 Å². The molecular weight excluding hydrogens is 218 g/mol. The predicted octanol–water partition coefficient (Wildman–Crippen LogP) is -0.236. The summed E-state index contributed by atoms with van der Waals surface area (Å²) < 4.78 is 4.68. The molecule has 0 unspecified atom stereocenters. The van der Waals surface area contributed by atoms with Crippen molar-refractivity contribution >= 4 is 18.5 Å². The summed E-state index contributed by atoms with van der Waals surface area (Å²) in [7, 11) is 1.44. The van der Waals surface area contributed by atoms with Crippen LogP contribution in [0, 0.1) is 0 Å². The quantitative estimate of drug-likeness (QED) is 0.682. The Morgan fingerprint density at radius 3 is 2.27 bits per heavy atom. The van der Waals surface area contributed by atoms with Crippen LogP contribution in [-0.2, 0) is 4.74 Å². The smallest absolute Gasteiger partial charge is 0.409 e. The van der Waals surface area contributed by atoms with Gasteiger partial charge in [0.05, 0.1) is 7.11 Å². The van der Waals surface area contributed by atoms with Gasteiger partial charge in [0.1, 0.15) is 0 Å². The lowest BCUT2D eigenvalue weighted by Gasteiger charge is -2.42. The van der Waals surface area contributed by atoms with E-state index in [1.807, 2.05) is 0 Å². The summed E-state index contributed by atoms with van der Waals surface area (Å²) in [6.07, 6.45) is -0.198. The number of piperazine rings is 1. The van der Waals surface area contributed by atoms with E-state index in [9.17, 15) is 4.79 Å². The summed E-state index contributed by atoms with van der Waals surface area (Å²) in [5.74, 6) is 0. The number of carbonyl (C=O) groups is 1. The zero-order chi connectivity index (χ0) is 9.97. The first kappa shape index (κ1) is 12.5. The molecule has 1 N–H and O–H groups in total. The largest absolute Gasteiger partial charge is 0.453 e. The van der Waals surface area contributed by atoms with E-state index in [0.717, 1.165) is 39.3 Å². The summed E-state index contributed by atoms with van der Waals surface area (Å²) in [4.78, 5) is 15.4. The van der Waals surface area contributed by atoms with Gasteiger partial charge in [0, 0.05) is 45.3 Å². The molecule has 0 aromatic rings. The number of nitrogens with zero attached hydrogens (tertiary/aromatic N) is 2. The molecule has 0 radical (unpaired) electrons. The number of methoxy groups -OCH3 is 1. The second-order valence-corrected chi connectivity index (χ2v) is 3.81. The van der Waals surface area contributed by atoms with Crippen LogP contribution < -0.4 is 5.32 Å². The highest BCUT2D eigenvalue weighted by atomic mass is 35.5. The molecule has 0 aromatic carbocycles. The van der Waals surface area contributed by atoms with Crippen molar-refractivity contribution < 1.29 is 9.53 Å². The standard InChI is InChI=1S/C9H17N3O2.ClH/c1-14-9(13)12-4-2-11(3-5-12)8-6-10-7-8;/h8,10H,2-7H2,1H3;1H. The lowest BCUT2D eigenvalue weighted by Crippen LogP contribution is -2.62. The number of hydrogen-bond donors (Lipinski definition) is 1. The second kappa shape index (κ2) is 5.53. The number of nitrogens with one attached hydrogen (secondary N) is 1. The number of carbonyl (C=O) groups excluding carboxylic acids is 1. The van der Waals surface area contributed by atoms with Crippen LogP contribution in [0.15, 0.2) is 0 Å². The Morgan fingerprint density at radius 1 is 1.27 bits per heavy atom. The van der Waals surface area contributed by atoms with E-state index >= 15 is 0 Å². The predicted molar refractivity (Wildman–Crippen MR) is 59.5 cm³/mol. The Kier molecular flexibility index (Phi) is 4.63. The maximum Gasteiger partial charge on any atom is 0.409 e. The van der Waals surface area contributed by atoms with Crippen LogP contribution in [0.5, 0.6) is 0 Å². The van der Waals surface area contributed by atoms with E-state index in [4.69, 9.17) is 0 Å². The molecule has 0 aliphatic carbocycles. The highest BCUT2D eigenvalue weighted by Gasteiger charge is 2.29. The third-order valence-electron chi connectivity index (χ3n) is 3.02. The second-order valence-electron chi connectivity index (χ2n) is 3.81. The molecular formula is C9H18ClN3O2. The minimum atomic E-state index is -0.198. The fourth-order valence-electron chi connectivity index (χ4n) is 1.93. The lowest BCUT2D eigenvalue weighted by atomic mass is 10.1. The Balaban J connectivity index is 0.00000112. The molecule has 0 atom stereocenters. The van der Waals surface area contributed by atoms with Crippen LogP contribution in [0.4, 0.5) is 4.79 Å². The first-order chi connectivity index (χ1) is 6.81. The minimum Gasteiger partial charge on any atom is -0.453 e. The average molecular weight is 236 g/mol. The van der Waals surface area contributed by atoms with Gasteiger partial charge in [0.2, 0.25) is 0 Å². The van der Waals surface area contributed by atoms with E-state index in [1.165, 1.54) is 7.11 Å². The fraction of sp³-hybridized carbons (Fsp3) is 0.889. The highest BCUT2D eigenvalue weighted by molar-refractivity contribution is 5.85. The first-order valence-corrected chi connectivity index (χ1v) is 5.09. The van der Waals surface area contributed by atoms with Gasteiger partial charge >= 0.3 is 6.09 Å². The van der Waals surface area contributed by atoms with Crippen LogP contribution in [0.2, 0.25) is 0 Å². The zero-order valence-electron chi connectivity index (χ0n) is 8.94. The molecule has 2 aliphatic rings. The van der Waals surface area contributed by atoms with Crippen molar-refractivity contribution in [3.63, 3.8) is 0 Å². The number of amides is 1. The highest BCUT2D eigenvalue weighted by Crippen LogP contribution is 2.09. The molecule has 15 heavy (non-hydrogen) atoms. The zero-order valence-corrected chi connectivity index (χ0v) is 9.76. The molecule has 6 heteroatoms. The summed E-state index contributed by atoms with van der Waals surface area (Å²) in [5, 5.41) is 3.26. The molecule has 2 heterocycles. The van der Waals surface area contributed by atoms with Gasteiger partial charge in [-0.1, -0.05) is 0 Å². The van der Waals surface area contributed by atoms with Crippen molar-refractivity contribution in [1.29, 1.82) is 0 Å². The van der Waals surface area contributed by atoms with Crippen molar-refractivity contribution in [3.05, 3.63) is 0 Å². The molecule has 0 bridgehead atoms. The number of halogens is 1. The van der Waals surface area contributed by atoms with Gasteiger partial charge in [-0.25, -0.2) is 4.79 Å². The van der Waals surface area contributed by atoms with Gasteiger partial charge in [-0.15, -0.1) is 12.4 Å². The van der Waals surface area contributed by atoms with Gasteiger partial charge < -0.3 is 15.0 Å². The molecule has 0 aromatic heterocycles. The van der Waals surface area contributed by atoms with E-state index in [1.54, 1.807) is 4.90 Å². The average Bonchev–Trinajstić information content (AvgIpc) is 2.15. The van der Waals surface area contributed by atoms with Crippen LogP contribution in [0.25, 0.3) is 0 Å². The molecule has 0 spiro atoms. The van der Waals surface area contributed by atoms with Crippen molar-refractivity contribution in [3.8, 4) is 0 Å². The minimum absolute atomic E-state index is 0. The third kappa shape index (κ3) is 2.74. The number of rotatable bonds is 1. The third-order valence-corrected chi connectivity index (χ3v) is 3.02. The summed E-state index contributed by atoms with van der Waals surface area (Å²) in [6, 6.07) is 0.690. The van der Waals surface area contributed by atoms with Gasteiger partial charge in [-0.05, 0) is 0 Å². The van der Waals surface area contributed by atoms with Gasteiger partial charge in [0.25, 0.3) is 0 Å². The molecule has 2 saturated heterocycles. The molecule has 0 saturated carbocycles. The Morgan fingerprint density at radius 2 is 1.87 bits per heavy atom. The van der Waals surface area contributed by atoms with Crippen molar-refractivity contribution in [2.75, 3.05) is 46.4 Å². The molecule has 2 fully saturated rings. The molecule has 5 nitrogen and oxygen atoms in total. The van der Waals surface area contributed by atoms with E-state index < -0.39 is 0 Å². The van der Waals surface area contributed by atoms with Crippen LogP contribution in [0.3, 0.4) is 0 Å². The van der Waals surface area contributed by atoms with E-state index in [0.29, 0.717) is 6.04 Å². The maximum absolute atomic E-state index is 11.2. The Bertz CT molecular complexity index is 215. The first-order valence-electron chi connectivity index (χ1n) is 5.09. The van der Waals surface area contributed by atoms with Crippen molar-refractivity contribution in [2.45, 2.75) is 6.04 Å². The Labute approximate surface area is 96.1 Å². The van der Waals surface area contributed by atoms with Gasteiger partial charge in [0.15, 0.2) is 0 Å². The maximum atomic E-state index is 11.2. The molecule has 2 aliphatic heterocycles. The summed E-state index contributed by atoms with van der Waals surface area (Å²) >= 11 is 0. The molecule has 1 amide bonds. The topological polar surface area (TPSA) is 44.8 Å². The van der Waals surface area contributed by atoms with Crippen molar-refractivity contribution in [2.24, 2.45) is 0 Å². The van der Waals surface area contributed by atoms with Crippen molar-refractivity contribution in [1.82, 2.24) is 15.1 Å². The molecule has 88 valence electrons. The number of ether oxygens (including phenoxy) is 1. The van der Waals surface area contributed by atoms with Gasteiger partial charge in [-0.2, -0.15) is 0 Å². The molecule has 2 rings (SSSR count). The van der Waals surface area contributed by atoms with Crippen LogP contribution in [0.1, 0.15) is 0 Å². The fourth-order valence-corrected chi connectivity index (χ4v) is 1.93. The summed E-state index contributed by atoms with van der Waals surface area (Å²) in [5.41, 5.74) is 0. The van der Waals surface area contributed by atoms with Gasteiger partial charge in [-0.3, -0.25) is 4.90 Å². The van der Waals surface area contributed by atoms with E-state index in [2.05, 4.69) is 15.0 Å². The SMILES string of the molecule is COC(=O)N1CCN(C2CNC2)CC1.Cl.